The molecule has 98 valence electrons. The molecule has 17 heavy (non-hydrogen) atoms. The van der Waals surface area contributed by atoms with Crippen LogP contribution in [0.4, 0.5) is 0 Å². The molecule has 1 aliphatic carbocycles. The maximum absolute atomic E-state index is 11.6. The highest BCUT2D eigenvalue weighted by Crippen LogP contribution is 2.20. The third-order valence-electron chi connectivity index (χ3n) is 3.78. The summed E-state index contributed by atoms with van der Waals surface area (Å²) in [4.78, 5) is 14.0. The van der Waals surface area contributed by atoms with Crippen LogP contribution in [0.5, 0.6) is 0 Å². The van der Waals surface area contributed by atoms with Crippen molar-refractivity contribution < 1.29 is 9.90 Å². The molecule has 0 aromatic carbocycles. The zero-order valence-corrected chi connectivity index (χ0v) is 10.5. The first-order chi connectivity index (χ1) is 8.29. The lowest BCUT2D eigenvalue weighted by Gasteiger charge is -2.35. The number of nitrogens with one attached hydrogen (secondary N) is 1. The van der Waals surface area contributed by atoms with E-state index < -0.39 is 0 Å². The quantitative estimate of drug-likeness (QED) is 0.725. The van der Waals surface area contributed by atoms with Gasteiger partial charge in [0.05, 0.1) is 0 Å². The summed E-state index contributed by atoms with van der Waals surface area (Å²) >= 11 is 0. The van der Waals surface area contributed by atoms with Crippen LogP contribution in [-0.2, 0) is 4.79 Å². The van der Waals surface area contributed by atoms with Gasteiger partial charge in [-0.3, -0.25) is 9.69 Å². The molecule has 2 rings (SSSR count). The molecule has 0 aromatic rings. The number of hydrogen-bond acceptors (Lipinski definition) is 3. The number of carbonyl (C=O) groups excluding carboxylic acids is 1. The number of aliphatic hydroxyl groups is 1. The molecule has 4 heteroatoms. The van der Waals surface area contributed by atoms with Crippen molar-refractivity contribution in [2.24, 2.45) is 0 Å². The van der Waals surface area contributed by atoms with E-state index >= 15 is 0 Å². The standard InChI is InChI=1S/C13H24N2O2/c16-10-7-12-3-1-2-8-15(12)9-6-13(17)14-11-4-5-11/h11-12,16H,1-10H2,(H,14,17). The molecule has 2 aliphatic rings. The predicted molar refractivity (Wildman–Crippen MR) is 66.7 cm³/mol. The van der Waals surface area contributed by atoms with E-state index in [0.29, 0.717) is 18.5 Å². The molecule has 0 bridgehead atoms. The Balaban J connectivity index is 1.69. The van der Waals surface area contributed by atoms with E-state index in [0.717, 1.165) is 32.4 Å². The number of amides is 1. The Morgan fingerprint density at radius 3 is 2.82 bits per heavy atom. The van der Waals surface area contributed by atoms with Gasteiger partial charge in [-0.15, -0.1) is 0 Å². The summed E-state index contributed by atoms with van der Waals surface area (Å²) in [6.07, 6.45) is 7.43. The van der Waals surface area contributed by atoms with Gasteiger partial charge in [0.15, 0.2) is 0 Å². The van der Waals surface area contributed by atoms with Gasteiger partial charge < -0.3 is 10.4 Å². The molecule has 1 saturated carbocycles. The van der Waals surface area contributed by atoms with Gasteiger partial charge >= 0.3 is 0 Å². The molecular formula is C13H24N2O2. The largest absolute Gasteiger partial charge is 0.396 e. The van der Waals surface area contributed by atoms with Crippen LogP contribution >= 0.6 is 0 Å². The van der Waals surface area contributed by atoms with Crippen molar-refractivity contribution in [2.45, 2.75) is 57.0 Å². The number of nitrogens with zero attached hydrogens (tertiary/aromatic N) is 1. The maximum atomic E-state index is 11.6. The first-order valence-electron chi connectivity index (χ1n) is 6.94. The van der Waals surface area contributed by atoms with E-state index in [2.05, 4.69) is 10.2 Å². The molecule has 1 unspecified atom stereocenters. The zero-order chi connectivity index (χ0) is 12.1. The Morgan fingerprint density at radius 1 is 1.29 bits per heavy atom. The van der Waals surface area contributed by atoms with Crippen molar-refractivity contribution in [3.05, 3.63) is 0 Å². The van der Waals surface area contributed by atoms with E-state index in [1.807, 2.05) is 0 Å². The minimum Gasteiger partial charge on any atom is -0.396 e. The van der Waals surface area contributed by atoms with Crippen LogP contribution in [0.1, 0.15) is 44.9 Å². The zero-order valence-electron chi connectivity index (χ0n) is 10.5. The van der Waals surface area contributed by atoms with E-state index in [9.17, 15) is 4.79 Å². The number of carbonyl (C=O) groups is 1. The summed E-state index contributed by atoms with van der Waals surface area (Å²) in [5, 5.41) is 12.1. The molecule has 1 aliphatic heterocycles. The lowest BCUT2D eigenvalue weighted by Crippen LogP contribution is -2.42. The molecule has 1 heterocycles. The third kappa shape index (κ3) is 4.28. The van der Waals surface area contributed by atoms with Crippen molar-refractivity contribution in [1.29, 1.82) is 0 Å². The molecule has 1 saturated heterocycles. The van der Waals surface area contributed by atoms with Gasteiger partial charge in [-0.1, -0.05) is 6.42 Å². The molecule has 4 nitrogen and oxygen atoms in total. The highest BCUT2D eigenvalue weighted by atomic mass is 16.3. The predicted octanol–water partition coefficient (Wildman–Crippen LogP) is 0.892. The van der Waals surface area contributed by atoms with Crippen LogP contribution in [0.3, 0.4) is 0 Å². The fourth-order valence-corrected chi connectivity index (χ4v) is 2.60. The van der Waals surface area contributed by atoms with Crippen LogP contribution in [-0.4, -0.2) is 47.7 Å². The summed E-state index contributed by atoms with van der Waals surface area (Å²) in [6, 6.07) is 0.958. The monoisotopic (exact) mass is 240 g/mol. The molecular weight excluding hydrogens is 216 g/mol. The van der Waals surface area contributed by atoms with Crippen LogP contribution < -0.4 is 5.32 Å². The minimum absolute atomic E-state index is 0.195. The van der Waals surface area contributed by atoms with Gasteiger partial charge in [0.1, 0.15) is 0 Å². The van der Waals surface area contributed by atoms with Gasteiger partial charge in [-0.2, -0.15) is 0 Å². The first kappa shape index (κ1) is 12.8. The van der Waals surface area contributed by atoms with E-state index in [-0.39, 0.29) is 12.5 Å². The normalized spacial score (nSPS) is 25.8. The van der Waals surface area contributed by atoms with Crippen LogP contribution in [0.25, 0.3) is 0 Å². The summed E-state index contributed by atoms with van der Waals surface area (Å²) in [5.41, 5.74) is 0. The first-order valence-corrected chi connectivity index (χ1v) is 6.94. The fraction of sp³-hybridized carbons (Fsp3) is 0.923. The highest BCUT2D eigenvalue weighted by Gasteiger charge is 2.25. The van der Waals surface area contributed by atoms with E-state index in [1.165, 1.54) is 19.3 Å². The third-order valence-corrected chi connectivity index (χ3v) is 3.78. The number of aliphatic hydroxyl groups excluding tert-OH is 1. The number of piperidine rings is 1. The Bertz CT molecular complexity index is 252. The van der Waals surface area contributed by atoms with Crippen molar-refractivity contribution in [2.75, 3.05) is 19.7 Å². The van der Waals surface area contributed by atoms with Gasteiger partial charge in [0.25, 0.3) is 0 Å². The molecule has 2 fully saturated rings. The lowest BCUT2D eigenvalue weighted by atomic mass is 9.99. The van der Waals surface area contributed by atoms with Crippen molar-refractivity contribution >= 4 is 5.91 Å². The Hall–Kier alpha value is -0.610. The Labute approximate surface area is 103 Å². The second-order valence-corrected chi connectivity index (χ2v) is 5.29. The SMILES string of the molecule is O=C(CCN1CCCCC1CCO)NC1CC1. The second kappa shape index (κ2) is 6.36. The topological polar surface area (TPSA) is 52.6 Å². The molecule has 1 atom stereocenters. The molecule has 2 N–H and O–H groups in total. The summed E-state index contributed by atoms with van der Waals surface area (Å²) in [5.74, 6) is 0.195. The number of likely N-dealkylation sites (tertiary alicyclic amines) is 1. The summed E-state index contributed by atoms with van der Waals surface area (Å²) in [7, 11) is 0. The molecule has 0 aromatic heterocycles. The van der Waals surface area contributed by atoms with Crippen LogP contribution in [0.15, 0.2) is 0 Å². The fourth-order valence-electron chi connectivity index (χ4n) is 2.60. The molecule has 0 spiro atoms. The van der Waals surface area contributed by atoms with Gasteiger partial charge in [-0.05, 0) is 38.6 Å². The van der Waals surface area contributed by atoms with Crippen LogP contribution in [0, 0.1) is 0 Å². The minimum atomic E-state index is 0.195. The average molecular weight is 240 g/mol. The molecule has 1 amide bonds. The van der Waals surface area contributed by atoms with Gasteiger partial charge in [-0.25, -0.2) is 0 Å². The Kier molecular flexibility index (Phi) is 4.80. The van der Waals surface area contributed by atoms with E-state index in [1.54, 1.807) is 0 Å². The maximum Gasteiger partial charge on any atom is 0.221 e. The van der Waals surface area contributed by atoms with Crippen LogP contribution in [0.2, 0.25) is 0 Å². The van der Waals surface area contributed by atoms with Crippen molar-refractivity contribution in [3.63, 3.8) is 0 Å². The van der Waals surface area contributed by atoms with Crippen molar-refractivity contribution in [1.82, 2.24) is 10.2 Å². The lowest BCUT2D eigenvalue weighted by molar-refractivity contribution is -0.121. The number of hydrogen-bond donors (Lipinski definition) is 2. The summed E-state index contributed by atoms with van der Waals surface area (Å²) in [6.45, 7) is 2.19. The highest BCUT2D eigenvalue weighted by molar-refractivity contribution is 5.76. The molecule has 0 radical (unpaired) electrons. The Morgan fingerprint density at radius 2 is 2.12 bits per heavy atom. The summed E-state index contributed by atoms with van der Waals surface area (Å²) < 4.78 is 0. The van der Waals surface area contributed by atoms with Gasteiger partial charge in [0.2, 0.25) is 5.91 Å². The smallest absolute Gasteiger partial charge is 0.221 e. The van der Waals surface area contributed by atoms with Gasteiger partial charge in [0, 0.05) is 31.7 Å². The van der Waals surface area contributed by atoms with E-state index in [4.69, 9.17) is 5.11 Å². The average Bonchev–Trinajstić information content (AvgIpc) is 3.12. The number of rotatable bonds is 6. The second-order valence-electron chi connectivity index (χ2n) is 5.29. The van der Waals surface area contributed by atoms with Crippen molar-refractivity contribution in [3.8, 4) is 0 Å².